The van der Waals surface area contributed by atoms with E-state index in [-0.39, 0.29) is 6.04 Å². The SMILES string of the molecule is CCNC(Cc1cccc(Cl)c1Cl)c1nccn1C. The number of aromatic nitrogens is 2. The quantitative estimate of drug-likeness (QED) is 0.913. The van der Waals surface area contributed by atoms with Crippen molar-refractivity contribution >= 4 is 23.2 Å². The summed E-state index contributed by atoms with van der Waals surface area (Å²) in [5.41, 5.74) is 1.03. The monoisotopic (exact) mass is 297 g/mol. The van der Waals surface area contributed by atoms with E-state index in [1.54, 1.807) is 12.3 Å². The van der Waals surface area contributed by atoms with Crippen molar-refractivity contribution in [3.63, 3.8) is 0 Å². The van der Waals surface area contributed by atoms with Gasteiger partial charge in [-0.2, -0.15) is 0 Å². The molecule has 0 radical (unpaired) electrons. The average Bonchev–Trinajstić information content (AvgIpc) is 2.80. The number of likely N-dealkylation sites (N-methyl/N-ethyl adjacent to an activating group) is 1. The zero-order valence-electron chi connectivity index (χ0n) is 11.0. The van der Waals surface area contributed by atoms with Crippen LogP contribution in [0.4, 0.5) is 0 Å². The standard InChI is InChI=1S/C14H17Cl2N3/c1-3-17-12(14-18-7-8-19(14)2)9-10-5-4-6-11(15)13(10)16/h4-8,12,17H,3,9H2,1-2H3. The molecule has 1 atom stereocenters. The van der Waals surface area contributed by atoms with Crippen molar-refractivity contribution in [1.29, 1.82) is 0 Å². The van der Waals surface area contributed by atoms with E-state index in [1.165, 1.54) is 0 Å². The van der Waals surface area contributed by atoms with Crippen molar-refractivity contribution in [2.75, 3.05) is 6.54 Å². The molecule has 1 N–H and O–H groups in total. The Morgan fingerprint density at radius 3 is 2.79 bits per heavy atom. The molecule has 0 saturated heterocycles. The summed E-state index contributed by atoms with van der Waals surface area (Å²) in [6.07, 6.45) is 4.51. The molecular weight excluding hydrogens is 281 g/mol. The largest absolute Gasteiger partial charge is 0.337 e. The second-order valence-corrected chi connectivity index (χ2v) is 5.21. The highest BCUT2D eigenvalue weighted by Gasteiger charge is 2.17. The highest BCUT2D eigenvalue weighted by atomic mass is 35.5. The first-order chi connectivity index (χ1) is 9.13. The number of benzene rings is 1. The van der Waals surface area contributed by atoms with Crippen LogP contribution in [0.15, 0.2) is 30.6 Å². The van der Waals surface area contributed by atoms with Crippen molar-refractivity contribution in [2.45, 2.75) is 19.4 Å². The predicted molar refractivity (Wildman–Crippen MR) is 79.8 cm³/mol. The topological polar surface area (TPSA) is 29.9 Å². The third kappa shape index (κ3) is 3.30. The zero-order chi connectivity index (χ0) is 13.8. The van der Waals surface area contributed by atoms with Gasteiger partial charge in [-0.3, -0.25) is 0 Å². The second-order valence-electron chi connectivity index (χ2n) is 4.42. The maximum atomic E-state index is 6.25. The minimum Gasteiger partial charge on any atom is -0.337 e. The number of hydrogen-bond donors (Lipinski definition) is 1. The zero-order valence-corrected chi connectivity index (χ0v) is 12.5. The molecule has 1 aromatic carbocycles. The molecule has 0 aliphatic rings. The van der Waals surface area contributed by atoms with Crippen LogP contribution in [0, 0.1) is 0 Å². The first-order valence-electron chi connectivity index (χ1n) is 6.27. The number of imidazole rings is 1. The van der Waals surface area contributed by atoms with E-state index in [0.29, 0.717) is 10.0 Å². The third-order valence-corrected chi connectivity index (χ3v) is 3.93. The fourth-order valence-electron chi connectivity index (χ4n) is 2.14. The molecule has 0 bridgehead atoms. The highest BCUT2D eigenvalue weighted by molar-refractivity contribution is 6.42. The number of rotatable bonds is 5. The van der Waals surface area contributed by atoms with Gasteiger partial charge in [-0.15, -0.1) is 0 Å². The van der Waals surface area contributed by atoms with Crippen LogP contribution in [-0.4, -0.2) is 16.1 Å². The fraction of sp³-hybridized carbons (Fsp3) is 0.357. The smallest absolute Gasteiger partial charge is 0.125 e. The molecule has 1 aromatic heterocycles. The maximum absolute atomic E-state index is 6.25. The maximum Gasteiger partial charge on any atom is 0.125 e. The summed E-state index contributed by atoms with van der Waals surface area (Å²) in [4.78, 5) is 4.41. The number of nitrogens with zero attached hydrogens (tertiary/aromatic N) is 2. The molecule has 1 unspecified atom stereocenters. The lowest BCUT2D eigenvalue weighted by Gasteiger charge is -2.18. The van der Waals surface area contributed by atoms with Crippen LogP contribution < -0.4 is 5.32 Å². The number of nitrogens with one attached hydrogen (secondary N) is 1. The van der Waals surface area contributed by atoms with Gasteiger partial charge in [-0.1, -0.05) is 42.3 Å². The Morgan fingerprint density at radius 1 is 1.37 bits per heavy atom. The van der Waals surface area contributed by atoms with Gasteiger partial charge in [0.05, 0.1) is 16.1 Å². The van der Waals surface area contributed by atoms with E-state index in [1.807, 2.05) is 29.9 Å². The van der Waals surface area contributed by atoms with E-state index < -0.39 is 0 Å². The van der Waals surface area contributed by atoms with Crippen LogP contribution in [0.25, 0.3) is 0 Å². The Labute approximate surface area is 123 Å². The van der Waals surface area contributed by atoms with Crippen molar-refractivity contribution in [3.05, 3.63) is 52.0 Å². The Balaban J connectivity index is 2.27. The van der Waals surface area contributed by atoms with Crippen molar-refractivity contribution in [2.24, 2.45) is 7.05 Å². The van der Waals surface area contributed by atoms with Gasteiger partial charge in [-0.05, 0) is 24.6 Å². The van der Waals surface area contributed by atoms with E-state index >= 15 is 0 Å². The molecule has 1 heterocycles. The van der Waals surface area contributed by atoms with E-state index in [4.69, 9.17) is 23.2 Å². The van der Waals surface area contributed by atoms with Crippen molar-refractivity contribution in [1.82, 2.24) is 14.9 Å². The Bertz CT molecular complexity index is 551. The summed E-state index contributed by atoms with van der Waals surface area (Å²) in [6, 6.07) is 5.85. The van der Waals surface area contributed by atoms with Gasteiger partial charge < -0.3 is 9.88 Å². The Hall–Kier alpha value is -1.03. The molecular formula is C14H17Cl2N3. The fourth-order valence-corrected chi connectivity index (χ4v) is 2.54. The average molecular weight is 298 g/mol. The lowest BCUT2D eigenvalue weighted by molar-refractivity contribution is 0.506. The van der Waals surface area contributed by atoms with Gasteiger partial charge in [0.15, 0.2) is 0 Å². The first kappa shape index (κ1) is 14.4. The van der Waals surface area contributed by atoms with E-state index in [0.717, 1.165) is 24.4 Å². The minimum atomic E-state index is 0.126. The highest BCUT2D eigenvalue weighted by Crippen LogP contribution is 2.28. The lowest BCUT2D eigenvalue weighted by Crippen LogP contribution is -2.25. The number of hydrogen-bond acceptors (Lipinski definition) is 2. The third-order valence-electron chi connectivity index (χ3n) is 3.08. The molecule has 0 aliphatic heterocycles. The van der Waals surface area contributed by atoms with Crippen LogP contribution >= 0.6 is 23.2 Å². The summed E-state index contributed by atoms with van der Waals surface area (Å²) >= 11 is 12.3. The molecule has 5 heteroatoms. The van der Waals surface area contributed by atoms with Crippen LogP contribution in [-0.2, 0) is 13.5 Å². The van der Waals surface area contributed by atoms with Crippen LogP contribution in [0.1, 0.15) is 24.4 Å². The summed E-state index contributed by atoms with van der Waals surface area (Å²) in [7, 11) is 1.99. The molecule has 0 saturated carbocycles. The molecule has 3 nitrogen and oxygen atoms in total. The van der Waals surface area contributed by atoms with E-state index in [2.05, 4.69) is 17.2 Å². The van der Waals surface area contributed by atoms with E-state index in [9.17, 15) is 0 Å². The number of aryl methyl sites for hydroxylation is 1. The molecule has 19 heavy (non-hydrogen) atoms. The van der Waals surface area contributed by atoms with Gasteiger partial charge in [-0.25, -0.2) is 4.98 Å². The molecule has 2 rings (SSSR count). The number of halogens is 2. The van der Waals surface area contributed by atoms with Gasteiger partial charge in [0.25, 0.3) is 0 Å². The molecule has 0 fully saturated rings. The first-order valence-corrected chi connectivity index (χ1v) is 7.02. The molecule has 0 amide bonds. The Morgan fingerprint density at radius 2 is 2.16 bits per heavy atom. The predicted octanol–water partition coefficient (Wildman–Crippen LogP) is 3.62. The lowest BCUT2D eigenvalue weighted by atomic mass is 10.1. The van der Waals surface area contributed by atoms with Gasteiger partial charge in [0, 0.05) is 19.4 Å². The van der Waals surface area contributed by atoms with Crippen molar-refractivity contribution < 1.29 is 0 Å². The summed E-state index contributed by atoms with van der Waals surface area (Å²) in [6.45, 7) is 2.95. The van der Waals surface area contributed by atoms with Crippen LogP contribution in [0.2, 0.25) is 10.0 Å². The molecule has 2 aromatic rings. The minimum absolute atomic E-state index is 0.126. The molecule has 102 valence electrons. The van der Waals surface area contributed by atoms with Crippen LogP contribution in [0.3, 0.4) is 0 Å². The summed E-state index contributed by atoms with van der Waals surface area (Å²) in [5, 5.41) is 4.65. The summed E-state index contributed by atoms with van der Waals surface area (Å²) in [5.74, 6) is 0.998. The van der Waals surface area contributed by atoms with Crippen LogP contribution in [0.5, 0.6) is 0 Å². The normalized spacial score (nSPS) is 12.6. The van der Waals surface area contributed by atoms with Crippen molar-refractivity contribution in [3.8, 4) is 0 Å². The van der Waals surface area contributed by atoms with Gasteiger partial charge in [0.2, 0.25) is 0 Å². The van der Waals surface area contributed by atoms with Gasteiger partial charge in [0.1, 0.15) is 5.82 Å². The molecule has 0 spiro atoms. The molecule has 0 aliphatic carbocycles. The van der Waals surface area contributed by atoms with Gasteiger partial charge >= 0.3 is 0 Å². The summed E-state index contributed by atoms with van der Waals surface area (Å²) < 4.78 is 2.02. The Kier molecular flexibility index (Phi) is 4.86. The second kappa shape index (κ2) is 6.42.